The molecule has 2 unspecified atom stereocenters. The van der Waals surface area contributed by atoms with E-state index in [0.29, 0.717) is 26.2 Å². The molecule has 0 aliphatic carbocycles. The van der Waals surface area contributed by atoms with Crippen molar-refractivity contribution >= 4 is 5.91 Å². The molecule has 100 valence electrons. The van der Waals surface area contributed by atoms with Gasteiger partial charge in [-0.2, -0.15) is 0 Å². The van der Waals surface area contributed by atoms with Crippen LogP contribution in [0.25, 0.3) is 0 Å². The summed E-state index contributed by atoms with van der Waals surface area (Å²) in [5.41, 5.74) is 5.30. The minimum absolute atomic E-state index is 0.0639. The van der Waals surface area contributed by atoms with E-state index >= 15 is 0 Å². The lowest BCUT2D eigenvalue weighted by Crippen LogP contribution is -2.45. The van der Waals surface area contributed by atoms with E-state index < -0.39 is 0 Å². The van der Waals surface area contributed by atoms with E-state index in [1.807, 2.05) is 6.92 Å². The van der Waals surface area contributed by atoms with Crippen LogP contribution >= 0.6 is 0 Å². The first-order valence-electron chi connectivity index (χ1n) is 6.23. The van der Waals surface area contributed by atoms with E-state index in [4.69, 9.17) is 15.2 Å². The highest BCUT2D eigenvalue weighted by atomic mass is 16.5. The molecule has 3 N–H and O–H groups in total. The second-order valence-electron chi connectivity index (χ2n) is 4.84. The van der Waals surface area contributed by atoms with E-state index in [2.05, 4.69) is 5.32 Å². The standard InChI is InChI=1S/C12H24N2O3/c1-10(13)4-3-5-11(15)14-8-12(16-2)6-7-17-9-12/h10H,3-9,13H2,1-2H3,(H,14,15). The fraction of sp³-hybridized carbons (Fsp3) is 0.917. The van der Waals surface area contributed by atoms with Gasteiger partial charge in [-0.1, -0.05) is 0 Å². The monoisotopic (exact) mass is 244 g/mol. The molecule has 2 atom stereocenters. The largest absolute Gasteiger partial charge is 0.378 e. The number of nitrogens with one attached hydrogen (secondary N) is 1. The van der Waals surface area contributed by atoms with Gasteiger partial charge in [-0.15, -0.1) is 0 Å². The second-order valence-corrected chi connectivity index (χ2v) is 4.84. The molecular weight excluding hydrogens is 220 g/mol. The van der Waals surface area contributed by atoms with Gasteiger partial charge in [0.2, 0.25) is 5.91 Å². The molecule has 0 saturated carbocycles. The zero-order chi connectivity index (χ0) is 12.7. The fourth-order valence-electron chi connectivity index (χ4n) is 1.89. The number of hydrogen-bond donors (Lipinski definition) is 2. The summed E-state index contributed by atoms with van der Waals surface area (Å²) in [6, 6.07) is 0.163. The summed E-state index contributed by atoms with van der Waals surface area (Å²) in [6.07, 6.45) is 3.08. The van der Waals surface area contributed by atoms with Crippen molar-refractivity contribution < 1.29 is 14.3 Å². The van der Waals surface area contributed by atoms with E-state index in [-0.39, 0.29) is 17.6 Å². The number of hydrogen-bond acceptors (Lipinski definition) is 4. The first kappa shape index (κ1) is 14.4. The maximum absolute atomic E-state index is 11.6. The van der Waals surface area contributed by atoms with Crippen LogP contribution in [0.2, 0.25) is 0 Å². The number of ether oxygens (including phenoxy) is 2. The SMILES string of the molecule is COC1(CNC(=O)CCCC(C)N)CCOC1. The van der Waals surface area contributed by atoms with Crippen LogP contribution in [0.5, 0.6) is 0 Å². The Morgan fingerprint density at radius 1 is 1.65 bits per heavy atom. The Bertz CT molecular complexity index is 238. The van der Waals surface area contributed by atoms with Gasteiger partial charge >= 0.3 is 0 Å². The molecule has 1 rings (SSSR count). The van der Waals surface area contributed by atoms with Gasteiger partial charge in [0, 0.05) is 39.1 Å². The summed E-state index contributed by atoms with van der Waals surface area (Å²) in [5, 5.41) is 2.91. The molecular formula is C12H24N2O3. The number of amides is 1. The minimum atomic E-state index is -0.323. The zero-order valence-electron chi connectivity index (χ0n) is 10.8. The smallest absolute Gasteiger partial charge is 0.220 e. The van der Waals surface area contributed by atoms with Crippen LogP contribution in [0, 0.1) is 0 Å². The van der Waals surface area contributed by atoms with Gasteiger partial charge < -0.3 is 20.5 Å². The van der Waals surface area contributed by atoms with Gasteiger partial charge in [-0.25, -0.2) is 0 Å². The molecule has 0 spiro atoms. The summed E-state index contributed by atoms with van der Waals surface area (Å²) in [5.74, 6) is 0.0639. The van der Waals surface area contributed by atoms with Crippen molar-refractivity contribution in [3.8, 4) is 0 Å². The van der Waals surface area contributed by atoms with Crippen molar-refractivity contribution in [1.29, 1.82) is 0 Å². The van der Waals surface area contributed by atoms with Crippen molar-refractivity contribution in [2.75, 3.05) is 26.9 Å². The average Bonchev–Trinajstić information content (AvgIpc) is 2.75. The minimum Gasteiger partial charge on any atom is -0.378 e. The van der Waals surface area contributed by atoms with Crippen LogP contribution in [-0.4, -0.2) is 44.4 Å². The first-order valence-corrected chi connectivity index (χ1v) is 6.23. The van der Waals surface area contributed by atoms with Crippen LogP contribution in [-0.2, 0) is 14.3 Å². The first-order chi connectivity index (χ1) is 8.08. The number of carbonyl (C=O) groups is 1. The van der Waals surface area contributed by atoms with Crippen molar-refractivity contribution in [2.24, 2.45) is 5.73 Å². The normalized spacial score (nSPS) is 25.8. The maximum atomic E-state index is 11.6. The number of carbonyl (C=O) groups excluding carboxylic acids is 1. The Labute approximate surface area is 103 Å². The van der Waals surface area contributed by atoms with E-state index in [0.717, 1.165) is 19.3 Å². The van der Waals surface area contributed by atoms with Crippen LogP contribution in [0.1, 0.15) is 32.6 Å². The number of nitrogens with two attached hydrogens (primary N) is 1. The fourth-order valence-corrected chi connectivity index (χ4v) is 1.89. The van der Waals surface area contributed by atoms with Gasteiger partial charge in [0.25, 0.3) is 0 Å². The number of methoxy groups -OCH3 is 1. The Morgan fingerprint density at radius 3 is 2.94 bits per heavy atom. The molecule has 1 saturated heterocycles. The highest BCUT2D eigenvalue weighted by molar-refractivity contribution is 5.75. The molecule has 1 heterocycles. The van der Waals surface area contributed by atoms with Gasteiger partial charge in [0.05, 0.1) is 6.61 Å². The summed E-state index contributed by atoms with van der Waals surface area (Å²) in [7, 11) is 1.66. The Balaban J connectivity index is 2.18. The van der Waals surface area contributed by atoms with Gasteiger partial charge in [0.15, 0.2) is 0 Å². The third-order valence-corrected chi connectivity index (χ3v) is 3.17. The summed E-state index contributed by atoms with van der Waals surface area (Å²) >= 11 is 0. The predicted molar refractivity (Wildman–Crippen MR) is 65.7 cm³/mol. The topological polar surface area (TPSA) is 73.6 Å². The molecule has 0 aromatic heterocycles. The van der Waals surface area contributed by atoms with Crippen molar-refractivity contribution in [3.63, 3.8) is 0 Å². The molecule has 5 nitrogen and oxygen atoms in total. The molecule has 0 radical (unpaired) electrons. The van der Waals surface area contributed by atoms with Crippen LogP contribution in [0.15, 0.2) is 0 Å². The summed E-state index contributed by atoms with van der Waals surface area (Å²) in [6.45, 7) is 3.74. The Kier molecular flexibility index (Phi) is 5.88. The molecule has 0 aromatic rings. The molecule has 1 fully saturated rings. The molecule has 1 aliphatic heterocycles. The number of rotatable bonds is 7. The molecule has 1 aliphatic rings. The van der Waals surface area contributed by atoms with E-state index in [1.54, 1.807) is 7.11 Å². The third-order valence-electron chi connectivity index (χ3n) is 3.17. The van der Waals surface area contributed by atoms with Crippen molar-refractivity contribution in [2.45, 2.75) is 44.2 Å². The van der Waals surface area contributed by atoms with Crippen LogP contribution in [0.4, 0.5) is 0 Å². The van der Waals surface area contributed by atoms with Gasteiger partial charge in [0.1, 0.15) is 5.60 Å². The van der Waals surface area contributed by atoms with E-state index in [9.17, 15) is 4.79 Å². The Morgan fingerprint density at radius 2 is 2.41 bits per heavy atom. The third kappa shape index (κ3) is 5.02. The van der Waals surface area contributed by atoms with Crippen molar-refractivity contribution in [3.05, 3.63) is 0 Å². The predicted octanol–water partition coefficient (Wildman–Crippen LogP) is 0.426. The van der Waals surface area contributed by atoms with Crippen LogP contribution < -0.4 is 11.1 Å². The summed E-state index contributed by atoms with van der Waals surface area (Å²) in [4.78, 5) is 11.6. The summed E-state index contributed by atoms with van der Waals surface area (Å²) < 4.78 is 10.7. The van der Waals surface area contributed by atoms with Crippen molar-refractivity contribution in [1.82, 2.24) is 5.32 Å². The molecule has 1 amide bonds. The lowest BCUT2D eigenvalue weighted by Gasteiger charge is -2.25. The molecule has 0 bridgehead atoms. The quantitative estimate of drug-likeness (QED) is 0.681. The molecule has 17 heavy (non-hydrogen) atoms. The second kappa shape index (κ2) is 6.93. The lowest BCUT2D eigenvalue weighted by atomic mass is 10.0. The highest BCUT2D eigenvalue weighted by Gasteiger charge is 2.35. The zero-order valence-corrected chi connectivity index (χ0v) is 10.8. The lowest BCUT2D eigenvalue weighted by molar-refractivity contribution is -0.122. The molecule has 5 heteroatoms. The molecule has 0 aromatic carbocycles. The maximum Gasteiger partial charge on any atom is 0.220 e. The Hall–Kier alpha value is -0.650. The average molecular weight is 244 g/mol. The highest BCUT2D eigenvalue weighted by Crippen LogP contribution is 2.21. The van der Waals surface area contributed by atoms with Gasteiger partial charge in [-0.05, 0) is 19.8 Å². The van der Waals surface area contributed by atoms with Crippen LogP contribution in [0.3, 0.4) is 0 Å². The van der Waals surface area contributed by atoms with E-state index in [1.165, 1.54) is 0 Å². The van der Waals surface area contributed by atoms with Gasteiger partial charge in [-0.3, -0.25) is 4.79 Å².